The number of aromatic nitrogens is 1. The minimum Gasteiger partial charge on any atom is -0.485 e. The van der Waals surface area contributed by atoms with Crippen molar-refractivity contribution < 1.29 is 19.4 Å². The van der Waals surface area contributed by atoms with E-state index in [9.17, 15) is 9.59 Å². The highest BCUT2D eigenvalue weighted by atomic mass is 32.1. The van der Waals surface area contributed by atoms with Gasteiger partial charge in [0.25, 0.3) is 0 Å². The van der Waals surface area contributed by atoms with E-state index < -0.39 is 5.97 Å². The number of thiazole rings is 1. The number of carbonyl (C=O) groups excluding carboxylic acids is 1. The van der Waals surface area contributed by atoms with Crippen LogP contribution in [0.15, 0.2) is 54.6 Å². The molecule has 1 N–H and O–H groups in total. The van der Waals surface area contributed by atoms with Gasteiger partial charge in [-0.1, -0.05) is 48.5 Å². The average molecular weight is 353 g/mol. The number of aromatic carboxylic acids is 1. The zero-order valence-corrected chi connectivity index (χ0v) is 14.2. The van der Waals surface area contributed by atoms with Gasteiger partial charge in [0.2, 0.25) is 5.78 Å². The van der Waals surface area contributed by atoms with Crippen LogP contribution in [0.3, 0.4) is 0 Å². The summed E-state index contributed by atoms with van der Waals surface area (Å²) in [5.41, 5.74) is 2.21. The maximum absolute atomic E-state index is 12.3. The van der Waals surface area contributed by atoms with Crippen molar-refractivity contribution in [1.29, 1.82) is 0 Å². The molecule has 0 radical (unpaired) electrons. The zero-order valence-electron chi connectivity index (χ0n) is 13.4. The molecular weight excluding hydrogens is 338 g/mol. The molecule has 25 heavy (non-hydrogen) atoms. The number of benzene rings is 2. The molecule has 0 amide bonds. The lowest BCUT2D eigenvalue weighted by molar-refractivity contribution is 0.0701. The van der Waals surface area contributed by atoms with E-state index in [0.717, 1.165) is 22.5 Å². The van der Waals surface area contributed by atoms with Gasteiger partial charge < -0.3 is 9.84 Å². The van der Waals surface area contributed by atoms with E-state index in [4.69, 9.17) is 9.84 Å². The van der Waals surface area contributed by atoms with E-state index in [2.05, 4.69) is 4.98 Å². The summed E-state index contributed by atoms with van der Waals surface area (Å²) < 4.78 is 5.69. The topological polar surface area (TPSA) is 76.5 Å². The third-order valence-corrected chi connectivity index (χ3v) is 4.75. The van der Waals surface area contributed by atoms with Gasteiger partial charge in [0, 0.05) is 5.56 Å². The zero-order chi connectivity index (χ0) is 17.8. The number of Topliss-reactive ketones (excluding diaryl/α,β-unsaturated/α-hetero) is 1. The molecule has 126 valence electrons. The molecule has 0 fully saturated rings. The number of para-hydroxylation sites is 1. The third-order valence-electron chi connectivity index (χ3n) is 3.56. The van der Waals surface area contributed by atoms with Gasteiger partial charge in [-0.3, -0.25) is 4.79 Å². The van der Waals surface area contributed by atoms with Crippen molar-refractivity contribution in [2.45, 2.75) is 6.92 Å². The predicted molar refractivity (Wildman–Crippen MR) is 95.5 cm³/mol. The molecular formula is C19H15NO4S. The Morgan fingerprint density at radius 2 is 1.76 bits per heavy atom. The molecule has 1 aromatic heterocycles. The minimum absolute atomic E-state index is 0.0769. The molecule has 0 aliphatic rings. The van der Waals surface area contributed by atoms with Crippen molar-refractivity contribution in [3.63, 3.8) is 0 Å². The van der Waals surface area contributed by atoms with E-state index in [0.29, 0.717) is 11.4 Å². The Hall–Kier alpha value is -2.99. The Morgan fingerprint density at radius 1 is 1.08 bits per heavy atom. The summed E-state index contributed by atoms with van der Waals surface area (Å²) in [6.07, 6.45) is 0. The van der Waals surface area contributed by atoms with Crippen LogP contribution in [0.5, 0.6) is 5.75 Å². The van der Waals surface area contributed by atoms with E-state index in [1.54, 1.807) is 13.0 Å². The Labute approximate surface area is 148 Å². The predicted octanol–water partition coefficient (Wildman–Crippen LogP) is 4.08. The summed E-state index contributed by atoms with van der Waals surface area (Å²) >= 11 is 0.871. The van der Waals surface area contributed by atoms with Gasteiger partial charge in [0.1, 0.15) is 10.6 Å². The van der Waals surface area contributed by atoms with Crippen molar-refractivity contribution in [3.8, 4) is 16.9 Å². The molecule has 2 aromatic carbocycles. The normalized spacial score (nSPS) is 10.4. The van der Waals surface area contributed by atoms with Gasteiger partial charge >= 0.3 is 5.97 Å². The second-order valence-electron chi connectivity index (χ2n) is 5.31. The fourth-order valence-corrected chi connectivity index (χ4v) is 3.20. The summed E-state index contributed by atoms with van der Waals surface area (Å²) in [5, 5.41) is 9.20. The van der Waals surface area contributed by atoms with Crippen LogP contribution in [0.2, 0.25) is 0 Å². The monoisotopic (exact) mass is 353 g/mol. The fourth-order valence-electron chi connectivity index (χ4n) is 2.37. The first-order valence-corrected chi connectivity index (χ1v) is 8.39. The van der Waals surface area contributed by atoms with E-state index in [1.165, 1.54) is 0 Å². The van der Waals surface area contributed by atoms with Crippen molar-refractivity contribution >= 4 is 23.1 Å². The molecule has 3 rings (SSSR count). The maximum Gasteiger partial charge on any atom is 0.347 e. The number of ketones is 1. The second kappa shape index (κ2) is 7.27. The molecule has 5 nitrogen and oxygen atoms in total. The van der Waals surface area contributed by atoms with Crippen molar-refractivity contribution in [3.05, 3.63) is 70.2 Å². The molecule has 0 saturated heterocycles. The Morgan fingerprint density at radius 3 is 2.44 bits per heavy atom. The number of hydrogen-bond acceptors (Lipinski definition) is 5. The molecule has 0 unspecified atom stereocenters. The van der Waals surface area contributed by atoms with Crippen LogP contribution in [-0.4, -0.2) is 28.4 Å². The number of carboxylic acids is 1. The standard InChI is InChI=1S/C19H15NO4S/c1-12-17(19(22)23)25-18(20-12)15(21)11-24-16-10-6-5-9-14(16)13-7-3-2-4-8-13/h2-10H,11H2,1H3,(H,22,23). The molecule has 3 aromatic rings. The van der Waals surface area contributed by atoms with Gasteiger partial charge in [-0.25, -0.2) is 9.78 Å². The Balaban J connectivity index is 1.77. The second-order valence-corrected chi connectivity index (χ2v) is 6.31. The van der Waals surface area contributed by atoms with Crippen LogP contribution in [0.1, 0.15) is 25.2 Å². The van der Waals surface area contributed by atoms with E-state index in [-0.39, 0.29) is 22.3 Å². The van der Waals surface area contributed by atoms with Crippen LogP contribution in [-0.2, 0) is 0 Å². The van der Waals surface area contributed by atoms with Crippen LogP contribution in [0.4, 0.5) is 0 Å². The lowest BCUT2D eigenvalue weighted by Crippen LogP contribution is -2.11. The number of nitrogens with zero attached hydrogens (tertiary/aromatic N) is 1. The third kappa shape index (κ3) is 3.75. The Kier molecular flexibility index (Phi) is 4.90. The number of hydrogen-bond donors (Lipinski definition) is 1. The molecule has 0 saturated carbocycles. The lowest BCUT2D eigenvalue weighted by atomic mass is 10.1. The van der Waals surface area contributed by atoms with Crippen LogP contribution >= 0.6 is 11.3 Å². The number of carboxylic acid groups (broad SMARTS) is 1. The minimum atomic E-state index is -1.08. The van der Waals surface area contributed by atoms with Crippen molar-refractivity contribution in [2.75, 3.05) is 6.61 Å². The summed E-state index contributed by atoms with van der Waals surface area (Å²) in [6, 6.07) is 17.2. The van der Waals surface area contributed by atoms with Gasteiger partial charge in [0.15, 0.2) is 11.6 Å². The SMILES string of the molecule is Cc1nc(C(=O)COc2ccccc2-c2ccccc2)sc1C(=O)O. The average Bonchev–Trinajstić information content (AvgIpc) is 3.03. The van der Waals surface area contributed by atoms with Gasteiger partial charge in [-0.15, -0.1) is 11.3 Å². The summed E-state index contributed by atoms with van der Waals surface area (Å²) in [7, 11) is 0. The van der Waals surface area contributed by atoms with E-state index in [1.807, 2.05) is 48.5 Å². The largest absolute Gasteiger partial charge is 0.485 e. The first-order valence-electron chi connectivity index (χ1n) is 7.57. The maximum atomic E-state index is 12.3. The fraction of sp³-hybridized carbons (Fsp3) is 0.105. The Bertz CT molecular complexity index is 918. The molecule has 0 aliphatic heterocycles. The number of rotatable bonds is 6. The molecule has 0 bridgehead atoms. The van der Waals surface area contributed by atoms with Crippen molar-refractivity contribution in [1.82, 2.24) is 4.98 Å². The molecule has 1 heterocycles. The van der Waals surface area contributed by atoms with Crippen LogP contribution in [0, 0.1) is 6.92 Å². The molecule has 0 atom stereocenters. The first kappa shape index (κ1) is 16.9. The van der Waals surface area contributed by atoms with Crippen LogP contribution in [0.25, 0.3) is 11.1 Å². The van der Waals surface area contributed by atoms with Gasteiger partial charge in [-0.05, 0) is 18.6 Å². The first-order chi connectivity index (χ1) is 12.1. The molecule has 6 heteroatoms. The quantitative estimate of drug-likeness (QED) is 0.676. The van der Waals surface area contributed by atoms with Crippen molar-refractivity contribution in [2.24, 2.45) is 0 Å². The van der Waals surface area contributed by atoms with Gasteiger partial charge in [-0.2, -0.15) is 0 Å². The number of carbonyl (C=O) groups is 2. The number of ether oxygens (including phenoxy) is 1. The van der Waals surface area contributed by atoms with Crippen LogP contribution < -0.4 is 4.74 Å². The van der Waals surface area contributed by atoms with Gasteiger partial charge in [0.05, 0.1) is 5.69 Å². The smallest absolute Gasteiger partial charge is 0.347 e. The summed E-state index contributed by atoms with van der Waals surface area (Å²) in [4.78, 5) is 27.5. The highest BCUT2D eigenvalue weighted by molar-refractivity contribution is 7.15. The molecule has 0 aliphatic carbocycles. The number of aryl methyl sites for hydroxylation is 1. The summed E-state index contributed by atoms with van der Waals surface area (Å²) in [6.45, 7) is 1.37. The molecule has 0 spiro atoms. The highest BCUT2D eigenvalue weighted by Crippen LogP contribution is 2.29. The highest BCUT2D eigenvalue weighted by Gasteiger charge is 2.19. The van der Waals surface area contributed by atoms with E-state index >= 15 is 0 Å². The lowest BCUT2D eigenvalue weighted by Gasteiger charge is -2.10. The summed E-state index contributed by atoms with van der Waals surface area (Å²) in [5.74, 6) is -0.832.